The molecular formula is C31H24F2N2O4S. The summed E-state index contributed by atoms with van der Waals surface area (Å²) in [5, 5.41) is 0. The number of rotatable bonds is 8. The number of sulfonamides is 1. The van der Waals surface area contributed by atoms with Gasteiger partial charge in [-0.2, -0.15) is 0 Å². The maximum absolute atomic E-state index is 14.2. The van der Waals surface area contributed by atoms with E-state index in [2.05, 4.69) is 4.72 Å². The van der Waals surface area contributed by atoms with Gasteiger partial charge in [0, 0.05) is 34.1 Å². The topological polar surface area (TPSA) is 77.4 Å². The molecule has 1 aromatic heterocycles. The Labute approximate surface area is 230 Å². The molecule has 5 rings (SSSR count). The molecule has 1 heterocycles. The Morgan fingerprint density at radius 2 is 1.60 bits per heavy atom. The van der Waals surface area contributed by atoms with Crippen molar-refractivity contribution in [3.8, 4) is 22.7 Å². The van der Waals surface area contributed by atoms with Gasteiger partial charge >= 0.3 is 0 Å². The van der Waals surface area contributed by atoms with Crippen LogP contribution in [0, 0.1) is 18.6 Å². The van der Waals surface area contributed by atoms with E-state index in [1.807, 2.05) is 35.8 Å². The molecule has 0 aliphatic carbocycles. The largest absolute Gasteiger partial charge is 0.488 e. The maximum Gasteiger partial charge on any atom is 0.264 e. The Hall–Kier alpha value is -4.76. The molecule has 0 aliphatic rings. The highest BCUT2D eigenvalue weighted by Crippen LogP contribution is 2.34. The number of amides is 1. The molecule has 0 bridgehead atoms. The second kappa shape index (κ2) is 11.2. The third-order valence-electron chi connectivity index (χ3n) is 6.29. The summed E-state index contributed by atoms with van der Waals surface area (Å²) in [5.74, 6) is -1.63. The van der Waals surface area contributed by atoms with Crippen molar-refractivity contribution in [2.75, 3.05) is 0 Å². The summed E-state index contributed by atoms with van der Waals surface area (Å²) in [6.45, 7) is 1.76. The zero-order chi connectivity index (χ0) is 28.3. The first-order valence-corrected chi connectivity index (χ1v) is 13.8. The number of aromatic nitrogens is 1. The van der Waals surface area contributed by atoms with Crippen molar-refractivity contribution in [1.82, 2.24) is 9.29 Å². The molecule has 4 aromatic carbocycles. The number of para-hydroxylation sites is 1. The van der Waals surface area contributed by atoms with Gasteiger partial charge in [-0.15, -0.1) is 0 Å². The molecule has 1 N–H and O–H groups in total. The molecule has 0 fully saturated rings. The second-order valence-corrected chi connectivity index (χ2v) is 10.7. The van der Waals surface area contributed by atoms with Gasteiger partial charge in [0.25, 0.3) is 15.9 Å². The van der Waals surface area contributed by atoms with E-state index in [1.54, 1.807) is 42.5 Å². The van der Waals surface area contributed by atoms with E-state index in [0.29, 0.717) is 22.7 Å². The zero-order valence-electron chi connectivity index (χ0n) is 21.3. The molecule has 0 saturated heterocycles. The first kappa shape index (κ1) is 26.8. The number of benzene rings is 4. The second-order valence-electron chi connectivity index (χ2n) is 9.01. The fourth-order valence-corrected chi connectivity index (χ4v) is 5.32. The Morgan fingerprint density at radius 1 is 0.850 bits per heavy atom. The van der Waals surface area contributed by atoms with Gasteiger partial charge in [-0.25, -0.2) is 21.9 Å². The number of ether oxygens (including phenoxy) is 1. The predicted molar refractivity (Wildman–Crippen MR) is 148 cm³/mol. The molecule has 5 aromatic rings. The van der Waals surface area contributed by atoms with Crippen molar-refractivity contribution >= 4 is 15.9 Å². The van der Waals surface area contributed by atoms with Gasteiger partial charge < -0.3 is 9.30 Å². The third kappa shape index (κ3) is 5.64. The Bertz CT molecular complexity index is 1800. The minimum atomic E-state index is -4.17. The van der Waals surface area contributed by atoms with E-state index in [9.17, 15) is 22.0 Å². The molecule has 0 atom stereocenters. The molecular weight excluding hydrogens is 534 g/mol. The van der Waals surface area contributed by atoms with E-state index in [0.717, 1.165) is 11.8 Å². The lowest BCUT2D eigenvalue weighted by Crippen LogP contribution is -2.30. The summed E-state index contributed by atoms with van der Waals surface area (Å²) in [6, 6.07) is 28.6. The van der Waals surface area contributed by atoms with Crippen LogP contribution in [0.3, 0.4) is 0 Å². The Balaban J connectivity index is 1.46. The highest BCUT2D eigenvalue weighted by molar-refractivity contribution is 7.90. The molecule has 40 heavy (non-hydrogen) atoms. The Morgan fingerprint density at radius 3 is 2.38 bits per heavy atom. The lowest BCUT2D eigenvalue weighted by Gasteiger charge is -2.17. The molecule has 6 nitrogen and oxygen atoms in total. The summed E-state index contributed by atoms with van der Waals surface area (Å²) in [6.07, 6.45) is 0. The number of aryl methyl sites for hydroxylation is 1. The summed E-state index contributed by atoms with van der Waals surface area (Å²) in [7, 11) is -4.17. The summed E-state index contributed by atoms with van der Waals surface area (Å²) < 4.78 is 63.6. The van der Waals surface area contributed by atoms with Crippen LogP contribution in [0.15, 0.2) is 114 Å². The van der Waals surface area contributed by atoms with Crippen molar-refractivity contribution in [1.29, 1.82) is 0 Å². The smallest absolute Gasteiger partial charge is 0.264 e. The van der Waals surface area contributed by atoms with Crippen LogP contribution in [-0.4, -0.2) is 18.9 Å². The highest BCUT2D eigenvalue weighted by atomic mass is 32.2. The molecule has 0 radical (unpaired) electrons. The van der Waals surface area contributed by atoms with Gasteiger partial charge in [0.1, 0.15) is 24.0 Å². The number of nitrogens with zero attached hydrogens (tertiary/aromatic N) is 1. The molecule has 9 heteroatoms. The predicted octanol–water partition coefficient (Wildman–Crippen LogP) is 6.43. The normalized spacial score (nSPS) is 11.3. The van der Waals surface area contributed by atoms with Gasteiger partial charge in [-0.3, -0.25) is 4.79 Å². The van der Waals surface area contributed by atoms with E-state index in [1.165, 1.54) is 36.4 Å². The van der Waals surface area contributed by atoms with Crippen molar-refractivity contribution in [3.63, 3.8) is 0 Å². The number of nitrogens with one attached hydrogen (secondary N) is 1. The summed E-state index contributed by atoms with van der Waals surface area (Å²) >= 11 is 0. The molecule has 0 aliphatic heterocycles. The fraction of sp³-hybridized carbons (Fsp3) is 0.0645. The van der Waals surface area contributed by atoms with Crippen LogP contribution in [-0.2, 0) is 16.6 Å². The lowest BCUT2D eigenvalue weighted by molar-refractivity contribution is 0.0981. The van der Waals surface area contributed by atoms with Crippen LogP contribution < -0.4 is 9.46 Å². The fourth-order valence-electron chi connectivity index (χ4n) is 4.31. The number of halogens is 2. The van der Waals surface area contributed by atoms with E-state index < -0.39 is 27.6 Å². The number of carbonyl (C=O) groups is 1. The van der Waals surface area contributed by atoms with Crippen molar-refractivity contribution in [3.05, 3.63) is 138 Å². The number of hydrogen-bond donors (Lipinski definition) is 1. The van der Waals surface area contributed by atoms with Gasteiger partial charge in [-0.1, -0.05) is 36.4 Å². The maximum atomic E-state index is 14.2. The first-order valence-electron chi connectivity index (χ1n) is 12.3. The molecule has 0 unspecified atom stereocenters. The van der Waals surface area contributed by atoms with E-state index in [-0.39, 0.29) is 22.6 Å². The van der Waals surface area contributed by atoms with Crippen LogP contribution >= 0.6 is 0 Å². The first-order chi connectivity index (χ1) is 19.2. The molecule has 0 saturated carbocycles. The average molecular weight is 559 g/mol. The number of carbonyl (C=O) groups excluding carboxylic acids is 1. The van der Waals surface area contributed by atoms with Crippen molar-refractivity contribution in [2.24, 2.45) is 0 Å². The third-order valence-corrected chi connectivity index (χ3v) is 7.62. The minimum absolute atomic E-state index is 0.0790. The highest BCUT2D eigenvalue weighted by Gasteiger charge is 2.21. The standard InChI is InChI=1S/C31H24F2N2O4S/c1-21-14-17-29(27-12-5-6-13-30(27)39-20-23-15-16-24(32)18-28(23)33)35(21)25-10-7-11-26(19-25)40(37,38)34-31(36)22-8-3-2-4-9-22/h2-19H,20H2,1H3,(H,34,36). The molecule has 202 valence electrons. The van der Waals surface area contributed by atoms with Crippen molar-refractivity contribution in [2.45, 2.75) is 18.4 Å². The van der Waals surface area contributed by atoms with Crippen LogP contribution in [0.2, 0.25) is 0 Å². The average Bonchev–Trinajstić information content (AvgIpc) is 3.34. The summed E-state index contributed by atoms with van der Waals surface area (Å²) in [5.41, 5.74) is 3.18. The molecule has 1 amide bonds. The molecule has 0 spiro atoms. The minimum Gasteiger partial charge on any atom is -0.488 e. The number of hydrogen-bond acceptors (Lipinski definition) is 4. The lowest BCUT2D eigenvalue weighted by atomic mass is 10.1. The zero-order valence-corrected chi connectivity index (χ0v) is 22.2. The van der Waals surface area contributed by atoms with Gasteiger partial charge in [-0.05, 0) is 73.7 Å². The SMILES string of the molecule is Cc1ccc(-c2ccccc2OCc2ccc(F)cc2F)n1-c1cccc(S(=O)(=O)NC(=O)c2ccccc2)c1. The van der Waals surface area contributed by atoms with Crippen LogP contribution in [0.25, 0.3) is 16.9 Å². The van der Waals surface area contributed by atoms with Crippen LogP contribution in [0.1, 0.15) is 21.6 Å². The van der Waals surface area contributed by atoms with Crippen LogP contribution in [0.5, 0.6) is 5.75 Å². The monoisotopic (exact) mass is 558 g/mol. The van der Waals surface area contributed by atoms with Crippen LogP contribution in [0.4, 0.5) is 8.78 Å². The van der Waals surface area contributed by atoms with E-state index >= 15 is 0 Å². The Kier molecular flexibility index (Phi) is 7.48. The van der Waals surface area contributed by atoms with Gasteiger partial charge in [0.05, 0.1) is 10.6 Å². The van der Waals surface area contributed by atoms with E-state index in [4.69, 9.17) is 4.74 Å². The summed E-state index contributed by atoms with van der Waals surface area (Å²) in [4.78, 5) is 12.4. The van der Waals surface area contributed by atoms with Crippen molar-refractivity contribution < 1.29 is 26.7 Å². The van der Waals surface area contributed by atoms with Gasteiger partial charge in [0.2, 0.25) is 0 Å². The van der Waals surface area contributed by atoms with Gasteiger partial charge in [0.15, 0.2) is 0 Å². The quantitative estimate of drug-likeness (QED) is 0.238.